The molecule has 0 amide bonds. The number of methoxy groups -OCH3 is 1. The van der Waals surface area contributed by atoms with Crippen molar-refractivity contribution in [2.24, 2.45) is 5.10 Å². The molecule has 0 aliphatic carbocycles. The molecule has 0 aliphatic heterocycles. The number of anilines is 1. The minimum absolute atomic E-state index is 0.200. The lowest BCUT2D eigenvalue weighted by Gasteiger charge is -2.09. The smallest absolute Gasteiger partial charge is 0.191 e. The average molecular weight is 335 g/mol. The minimum atomic E-state index is -0.679. The number of nitrogens with one attached hydrogen (secondary N) is 2. The Labute approximate surface area is 138 Å². The fourth-order valence-corrected chi connectivity index (χ4v) is 1.97. The van der Waals surface area contributed by atoms with E-state index in [4.69, 9.17) is 17.0 Å². The highest BCUT2D eigenvalue weighted by Crippen LogP contribution is 2.15. The van der Waals surface area contributed by atoms with Crippen LogP contribution in [-0.2, 0) is 0 Å². The van der Waals surface area contributed by atoms with Gasteiger partial charge in [0.15, 0.2) is 5.11 Å². The van der Waals surface area contributed by atoms with Gasteiger partial charge in [-0.15, -0.1) is 0 Å². The van der Waals surface area contributed by atoms with Gasteiger partial charge < -0.3 is 10.1 Å². The Bertz CT molecular complexity index is 733. The summed E-state index contributed by atoms with van der Waals surface area (Å²) in [6, 6.07) is 10.5. The Kier molecular flexibility index (Phi) is 5.59. The zero-order chi connectivity index (χ0) is 16.8. The van der Waals surface area contributed by atoms with E-state index < -0.39 is 11.6 Å². The molecule has 7 heteroatoms. The van der Waals surface area contributed by atoms with E-state index in [-0.39, 0.29) is 10.7 Å². The Morgan fingerprint density at radius 3 is 2.43 bits per heavy atom. The lowest BCUT2D eigenvalue weighted by Crippen LogP contribution is -2.25. The molecule has 0 aliphatic rings. The standard InChI is InChI=1S/C16H15F2N3OS/c1-10(14-8-3-11(17)9-15(14)18)20-21-16(23)19-12-4-6-13(22-2)7-5-12/h3-9H,1-2H3,(H2,19,21,23)/b20-10-. The maximum absolute atomic E-state index is 13.6. The van der Waals surface area contributed by atoms with Crippen molar-refractivity contribution in [3.8, 4) is 5.75 Å². The third kappa shape index (κ3) is 4.72. The molecule has 0 bridgehead atoms. The summed E-state index contributed by atoms with van der Waals surface area (Å²) in [5, 5.41) is 7.17. The van der Waals surface area contributed by atoms with Crippen LogP contribution in [-0.4, -0.2) is 17.9 Å². The lowest BCUT2D eigenvalue weighted by atomic mass is 10.1. The minimum Gasteiger partial charge on any atom is -0.497 e. The molecule has 2 rings (SSSR count). The Hall–Kier alpha value is -2.54. The van der Waals surface area contributed by atoms with E-state index in [1.165, 1.54) is 12.1 Å². The van der Waals surface area contributed by atoms with Gasteiger partial charge in [-0.3, -0.25) is 5.43 Å². The van der Waals surface area contributed by atoms with Gasteiger partial charge in [-0.25, -0.2) is 8.78 Å². The number of hydrazone groups is 1. The lowest BCUT2D eigenvalue weighted by molar-refractivity contribution is 0.415. The predicted molar refractivity (Wildman–Crippen MR) is 90.9 cm³/mol. The summed E-state index contributed by atoms with van der Waals surface area (Å²) in [6.45, 7) is 1.60. The van der Waals surface area contributed by atoms with Crippen molar-refractivity contribution in [3.05, 3.63) is 59.7 Å². The van der Waals surface area contributed by atoms with E-state index in [1.54, 1.807) is 38.3 Å². The summed E-state index contributed by atoms with van der Waals surface area (Å²) in [4.78, 5) is 0. The molecular formula is C16H15F2N3OS. The molecule has 0 fully saturated rings. The van der Waals surface area contributed by atoms with Crippen LogP contribution in [0.1, 0.15) is 12.5 Å². The molecule has 0 saturated heterocycles. The van der Waals surface area contributed by atoms with Crippen molar-refractivity contribution < 1.29 is 13.5 Å². The number of ether oxygens (including phenoxy) is 1. The van der Waals surface area contributed by atoms with Crippen molar-refractivity contribution in [3.63, 3.8) is 0 Å². The van der Waals surface area contributed by atoms with Gasteiger partial charge in [0, 0.05) is 17.3 Å². The van der Waals surface area contributed by atoms with Gasteiger partial charge >= 0.3 is 0 Å². The Balaban J connectivity index is 1.99. The van der Waals surface area contributed by atoms with Gasteiger partial charge in [0.05, 0.1) is 12.8 Å². The van der Waals surface area contributed by atoms with Gasteiger partial charge in [-0.2, -0.15) is 5.10 Å². The number of hydrogen-bond acceptors (Lipinski definition) is 3. The van der Waals surface area contributed by atoms with Crippen molar-refractivity contribution in [2.75, 3.05) is 12.4 Å². The topological polar surface area (TPSA) is 45.6 Å². The van der Waals surface area contributed by atoms with Gasteiger partial charge in [0.25, 0.3) is 0 Å². The summed E-state index contributed by atoms with van der Waals surface area (Å²) in [7, 11) is 1.58. The van der Waals surface area contributed by atoms with E-state index in [0.717, 1.165) is 17.5 Å². The van der Waals surface area contributed by atoms with Crippen LogP contribution in [0.5, 0.6) is 5.75 Å². The number of halogens is 2. The second-order valence-electron chi connectivity index (χ2n) is 4.62. The van der Waals surface area contributed by atoms with Crippen LogP contribution in [0.25, 0.3) is 0 Å². The molecule has 0 unspecified atom stereocenters. The highest BCUT2D eigenvalue weighted by Gasteiger charge is 2.07. The molecule has 2 aromatic carbocycles. The van der Waals surface area contributed by atoms with Crippen LogP contribution in [0.4, 0.5) is 14.5 Å². The van der Waals surface area contributed by atoms with Crippen LogP contribution in [0.3, 0.4) is 0 Å². The normalized spacial score (nSPS) is 11.0. The quantitative estimate of drug-likeness (QED) is 0.508. The highest BCUT2D eigenvalue weighted by atomic mass is 32.1. The van der Waals surface area contributed by atoms with E-state index in [0.29, 0.717) is 5.71 Å². The fourth-order valence-electron chi connectivity index (χ4n) is 1.81. The number of thiocarbonyl (C=S) groups is 1. The van der Waals surface area contributed by atoms with Crippen molar-refractivity contribution in [1.82, 2.24) is 5.43 Å². The van der Waals surface area contributed by atoms with Crippen LogP contribution in [0, 0.1) is 11.6 Å². The second-order valence-corrected chi connectivity index (χ2v) is 5.02. The first-order chi connectivity index (χ1) is 11.0. The molecule has 0 radical (unpaired) electrons. The molecule has 2 N–H and O–H groups in total. The first kappa shape index (κ1) is 16.8. The molecule has 0 saturated carbocycles. The molecular weight excluding hydrogens is 320 g/mol. The van der Waals surface area contributed by atoms with E-state index in [2.05, 4.69) is 15.8 Å². The average Bonchev–Trinajstić information content (AvgIpc) is 2.53. The summed E-state index contributed by atoms with van der Waals surface area (Å²) in [6.07, 6.45) is 0. The second kappa shape index (κ2) is 7.64. The molecule has 0 heterocycles. The van der Waals surface area contributed by atoms with Crippen LogP contribution < -0.4 is 15.5 Å². The molecule has 2 aromatic rings. The summed E-state index contributed by atoms with van der Waals surface area (Å²) in [5.74, 6) is -0.583. The first-order valence-corrected chi connectivity index (χ1v) is 7.11. The molecule has 4 nitrogen and oxygen atoms in total. The summed E-state index contributed by atoms with van der Waals surface area (Å²) < 4.78 is 31.6. The third-order valence-corrected chi connectivity index (χ3v) is 3.19. The van der Waals surface area contributed by atoms with Crippen LogP contribution in [0.2, 0.25) is 0 Å². The van der Waals surface area contributed by atoms with Crippen molar-refractivity contribution in [1.29, 1.82) is 0 Å². The maximum Gasteiger partial charge on any atom is 0.191 e. The summed E-state index contributed by atoms with van der Waals surface area (Å²) in [5.41, 5.74) is 3.92. The van der Waals surface area contributed by atoms with Crippen LogP contribution in [0.15, 0.2) is 47.6 Å². The molecule has 120 valence electrons. The zero-order valence-electron chi connectivity index (χ0n) is 12.6. The predicted octanol–water partition coefficient (Wildman–Crippen LogP) is 3.68. The number of rotatable bonds is 4. The fraction of sp³-hybridized carbons (Fsp3) is 0.125. The number of hydrogen-bond donors (Lipinski definition) is 2. The molecule has 0 atom stereocenters. The zero-order valence-corrected chi connectivity index (χ0v) is 13.4. The van der Waals surface area contributed by atoms with Gasteiger partial charge in [-0.05, 0) is 55.5 Å². The summed E-state index contributed by atoms with van der Waals surface area (Å²) >= 11 is 5.10. The van der Waals surface area contributed by atoms with Crippen molar-refractivity contribution in [2.45, 2.75) is 6.92 Å². The Morgan fingerprint density at radius 1 is 1.13 bits per heavy atom. The van der Waals surface area contributed by atoms with Gasteiger partial charge in [0.1, 0.15) is 17.4 Å². The molecule has 0 spiro atoms. The molecule has 23 heavy (non-hydrogen) atoms. The number of nitrogens with zero attached hydrogens (tertiary/aromatic N) is 1. The van der Waals surface area contributed by atoms with Crippen LogP contribution >= 0.6 is 12.2 Å². The largest absolute Gasteiger partial charge is 0.497 e. The van der Waals surface area contributed by atoms with E-state index in [1.807, 2.05) is 0 Å². The highest BCUT2D eigenvalue weighted by molar-refractivity contribution is 7.80. The van der Waals surface area contributed by atoms with Gasteiger partial charge in [-0.1, -0.05) is 0 Å². The number of benzene rings is 2. The first-order valence-electron chi connectivity index (χ1n) is 6.70. The maximum atomic E-state index is 13.6. The monoisotopic (exact) mass is 335 g/mol. The van der Waals surface area contributed by atoms with E-state index in [9.17, 15) is 8.78 Å². The van der Waals surface area contributed by atoms with Crippen molar-refractivity contribution >= 4 is 28.7 Å². The third-order valence-electron chi connectivity index (χ3n) is 2.99. The Morgan fingerprint density at radius 2 is 1.83 bits per heavy atom. The van der Waals surface area contributed by atoms with Gasteiger partial charge in [0.2, 0.25) is 0 Å². The molecule has 0 aromatic heterocycles. The van der Waals surface area contributed by atoms with E-state index >= 15 is 0 Å². The SMILES string of the molecule is COc1ccc(NC(=S)N/N=C(/C)c2ccc(F)cc2F)cc1.